The highest BCUT2D eigenvalue weighted by atomic mass is 35.5. The molecule has 7 nitrogen and oxygen atoms in total. The van der Waals surface area contributed by atoms with Crippen LogP contribution in [0.15, 0.2) is 39.4 Å². The SMILES string of the molecule is O=S(=O)(NCc1ccc(S(=O)(=O)N2CCOCC2)s1)c1ccc(Cl)c(Cl)c1. The van der Waals surface area contributed by atoms with Crippen molar-refractivity contribution in [3.05, 3.63) is 45.3 Å². The fraction of sp³-hybridized carbons (Fsp3) is 0.333. The van der Waals surface area contributed by atoms with E-state index in [1.54, 1.807) is 6.07 Å². The summed E-state index contributed by atoms with van der Waals surface area (Å²) in [5.74, 6) is 0. The number of nitrogens with zero attached hydrogens (tertiary/aromatic N) is 1. The average molecular weight is 471 g/mol. The molecule has 1 aromatic heterocycles. The van der Waals surface area contributed by atoms with Gasteiger partial charge in [0.15, 0.2) is 0 Å². The van der Waals surface area contributed by atoms with E-state index in [9.17, 15) is 16.8 Å². The van der Waals surface area contributed by atoms with Gasteiger partial charge in [0, 0.05) is 24.5 Å². The van der Waals surface area contributed by atoms with Crippen molar-refractivity contribution in [2.24, 2.45) is 0 Å². The third-order valence-electron chi connectivity index (χ3n) is 3.84. The second-order valence-corrected chi connectivity index (χ2v) is 11.6. The monoisotopic (exact) mass is 470 g/mol. The third kappa shape index (κ3) is 4.83. The predicted octanol–water partition coefficient (Wildman–Crippen LogP) is 2.55. The lowest BCUT2D eigenvalue weighted by Gasteiger charge is -2.25. The summed E-state index contributed by atoms with van der Waals surface area (Å²) in [7, 11) is -7.40. The van der Waals surface area contributed by atoms with Crippen molar-refractivity contribution in [1.29, 1.82) is 0 Å². The van der Waals surface area contributed by atoms with Crippen LogP contribution in [0, 0.1) is 0 Å². The van der Waals surface area contributed by atoms with Gasteiger partial charge in [-0.05, 0) is 30.3 Å². The van der Waals surface area contributed by atoms with Gasteiger partial charge in [-0.1, -0.05) is 23.2 Å². The molecule has 1 aliphatic rings. The molecule has 0 aliphatic carbocycles. The molecule has 27 heavy (non-hydrogen) atoms. The number of thiophene rings is 1. The summed E-state index contributed by atoms with van der Waals surface area (Å²) >= 11 is 12.7. The summed E-state index contributed by atoms with van der Waals surface area (Å²) in [4.78, 5) is 0.556. The maximum Gasteiger partial charge on any atom is 0.252 e. The minimum Gasteiger partial charge on any atom is -0.379 e. The number of morpholine rings is 1. The van der Waals surface area contributed by atoms with Crippen molar-refractivity contribution in [2.75, 3.05) is 26.3 Å². The Morgan fingerprint density at radius 2 is 1.74 bits per heavy atom. The molecule has 0 unspecified atom stereocenters. The van der Waals surface area contributed by atoms with Gasteiger partial charge < -0.3 is 4.74 Å². The van der Waals surface area contributed by atoms with E-state index in [0.717, 1.165) is 11.3 Å². The standard InChI is InChI=1S/C15H16Cl2N2O5S3/c16-13-3-2-12(9-14(13)17)26(20,21)18-10-11-1-4-15(25-11)27(22,23)19-5-7-24-8-6-19/h1-4,9,18H,5-8,10H2. The van der Waals surface area contributed by atoms with E-state index in [1.165, 1.54) is 28.6 Å². The lowest BCUT2D eigenvalue weighted by Crippen LogP contribution is -2.40. The first-order valence-corrected chi connectivity index (χ1v) is 12.3. The normalized spacial score (nSPS) is 16.5. The second kappa shape index (κ2) is 8.34. The summed E-state index contributed by atoms with van der Waals surface area (Å²) < 4.78 is 59.1. The molecule has 0 bridgehead atoms. The molecule has 0 radical (unpaired) electrons. The lowest BCUT2D eigenvalue weighted by molar-refractivity contribution is 0.0731. The van der Waals surface area contributed by atoms with Crippen molar-refractivity contribution in [2.45, 2.75) is 15.6 Å². The Morgan fingerprint density at radius 3 is 2.41 bits per heavy atom. The van der Waals surface area contributed by atoms with Crippen LogP contribution in [0.1, 0.15) is 4.88 Å². The molecule has 2 heterocycles. The van der Waals surface area contributed by atoms with Crippen molar-refractivity contribution < 1.29 is 21.6 Å². The van der Waals surface area contributed by atoms with Gasteiger partial charge in [-0.2, -0.15) is 4.31 Å². The largest absolute Gasteiger partial charge is 0.379 e. The number of hydrogen-bond donors (Lipinski definition) is 1. The van der Waals surface area contributed by atoms with Gasteiger partial charge >= 0.3 is 0 Å². The fourth-order valence-electron chi connectivity index (χ4n) is 2.40. The zero-order chi connectivity index (χ0) is 19.7. The molecule has 0 amide bonds. The number of benzene rings is 1. The Hall–Kier alpha value is -0.720. The highest BCUT2D eigenvalue weighted by Crippen LogP contribution is 2.27. The first-order chi connectivity index (χ1) is 12.7. The lowest BCUT2D eigenvalue weighted by atomic mass is 10.4. The Bertz CT molecular complexity index is 1030. The molecular weight excluding hydrogens is 455 g/mol. The summed E-state index contributed by atoms with van der Waals surface area (Å²) in [6.07, 6.45) is 0. The van der Waals surface area contributed by atoms with Crippen LogP contribution in [0.25, 0.3) is 0 Å². The molecule has 3 rings (SSSR count). The molecule has 1 fully saturated rings. The van der Waals surface area contributed by atoms with Crippen LogP contribution in [0.5, 0.6) is 0 Å². The van der Waals surface area contributed by atoms with Crippen LogP contribution in [0.4, 0.5) is 0 Å². The Labute approximate surface area is 171 Å². The molecule has 1 aromatic carbocycles. The zero-order valence-corrected chi connectivity index (χ0v) is 17.9. The van der Waals surface area contributed by atoms with E-state index in [0.29, 0.717) is 31.2 Å². The number of halogens is 2. The summed E-state index contributed by atoms with van der Waals surface area (Å²) in [6.45, 7) is 1.30. The molecule has 2 aromatic rings. The maximum atomic E-state index is 12.6. The van der Waals surface area contributed by atoms with Crippen LogP contribution in [0.3, 0.4) is 0 Å². The van der Waals surface area contributed by atoms with Gasteiger partial charge in [0.25, 0.3) is 10.0 Å². The van der Waals surface area contributed by atoms with Crippen LogP contribution in [-0.4, -0.2) is 47.4 Å². The van der Waals surface area contributed by atoms with Gasteiger partial charge in [0.1, 0.15) is 4.21 Å². The zero-order valence-electron chi connectivity index (χ0n) is 13.9. The molecular formula is C15H16Cl2N2O5S3. The van der Waals surface area contributed by atoms with Gasteiger partial charge in [-0.15, -0.1) is 11.3 Å². The molecule has 1 N–H and O–H groups in total. The smallest absolute Gasteiger partial charge is 0.252 e. The van der Waals surface area contributed by atoms with E-state index >= 15 is 0 Å². The van der Waals surface area contributed by atoms with Crippen LogP contribution >= 0.6 is 34.5 Å². The third-order valence-corrected chi connectivity index (χ3v) is 9.43. The van der Waals surface area contributed by atoms with Gasteiger partial charge in [0.05, 0.1) is 28.2 Å². The molecule has 148 valence electrons. The number of nitrogens with one attached hydrogen (secondary N) is 1. The van der Waals surface area contributed by atoms with Crippen LogP contribution in [-0.2, 0) is 31.3 Å². The number of hydrogen-bond acceptors (Lipinski definition) is 6. The topological polar surface area (TPSA) is 92.8 Å². The van der Waals surface area contributed by atoms with E-state index < -0.39 is 20.0 Å². The van der Waals surface area contributed by atoms with Crippen molar-refractivity contribution >= 4 is 54.6 Å². The van der Waals surface area contributed by atoms with E-state index in [4.69, 9.17) is 27.9 Å². The minimum absolute atomic E-state index is 0.0189. The molecule has 0 saturated carbocycles. The van der Waals surface area contributed by atoms with Crippen LogP contribution in [0.2, 0.25) is 10.0 Å². The van der Waals surface area contributed by atoms with Crippen molar-refractivity contribution in [3.8, 4) is 0 Å². The first kappa shape index (κ1) is 21.0. The number of rotatable bonds is 6. The van der Waals surface area contributed by atoms with Crippen LogP contribution < -0.4 is 4.72 Å². The van der Waals surface area contributed by atoms with Gasteiger partial charge in [0.2, 0.25) is 10.0 Å². The molecule has 1 saturated heterocycles. The van der Waals surface area contributed by atoms with Gasteiger partial charge in [-0.3, -0.25) is 0 Å². The summed E-state index contributed by atoms with van der Waals surface area (Å²) in [5.41, 5.74) is 0. The fourth-order valence-corrected chi connectivity index (χ4v) is 6.74. The van der Waals surface area contributed by atoms with Crippen molar-refractivity contribution in [3.63, 3.8) is 0 Å². The summed E-state index contributed by atoms with van der Waals surface area (Å²) in [5, 5.41) is 0.390. The minimum atomic E-state index is -3.81. The maximum absolute atomic E-state index is 12.6. The number of sulfonamides is 2. The number of ether oxygens (including phenoxy) is 1. The second-order valence-electron chi connectivity index (χ2n) is 5.64. The molecule has 12 heteroatoms. The first-order valence-electron chi connectivity index (χ1n) is 7.81. The Morgan fingerprint density at radius 1 is 1.04 bits per heavy atom. The molecule has 1 aliphatic heterocycles. The predicted molar refractivity (Wildman–Crippen MR) is 104 cm³/mol. The highest BCUT2D eigenvalue weighted by Gasteiger charge is 2.28. The van der Waals surface area contributed by atoms with E-state index in [-0.39, 0.29) is 25.7 Å². The quantitative estimate of drug-likeness (QED) is 0.699. The van der Waals surface area contributed by atoms with Crippen molar-refractivity contribution in [1.82, 2.24) is 9.03 Å². The average Bonchev–Trinajstić information content (AvgIpc) is 3.13. The van der Waals surface area contributed by atoms with Gasteiger partial charge in [-0.25, -0.2) is 21.6 Å². The molecule has 0 atom stereocenters. The van der Waals surface area contributed by atoms with E-state index in [2.05, 4.69) is 4.72 Å². The Kier molecular flexibility index (Phi) is 6.48. The Balaban J connectivity index is 1.71. The van der Waals surface area contributed by atoms with E-state index in [1.807, 2.05) is 0 Å². The highest BCUT2D eigenvalue weighted by molar-refractivity contribution is 7.91. The summed E-state index contributed by atoms with van der Waals surface area (Å²) in [6, 6.07) is 7.08. The molecule has 0 spiro atoms.